The molecule has 0 amide bonds. The van der Waals surface area contributed by atoms with Gasteiger partial charge in [-0.2, -0.15) is 15.8 Å². The van der Waals surface area contributed by atoms with Gasteiger partial charge in [0.25, 0.3) is 0 Å². The van der Waals surface area contributed by atoms with Crippen molar-refractivity contribution in [3.8, 4) is 18.2 Å². The lowest BCUT2D eigenvalue weighted by molar-refractivity contribution is 0.805. The molecule has 2 rings (SSSR count). The maximum Gasteiger partial charge on any atom is 0.129 e. The molecule has 4 heteroatoms. The van der Waals surface area contributed by atoms with Crippen molar-refractivity contribution in [2.75, 3.05) is 0 Å². The van der Waals surface area contributed by atoms with Crippen LogP contribution in [-0.2, 0) is 0 Å². The molecule has 1 aromatic carbocycles. The Labute approximate surface area is 141 Å². The molecule has 0 fully saturated rings. The Morgan fingerprint density at radius 1 is 1.00 bits per heavy atom. The lowest BCUT2D eigenvalue weighted by Gasteiger charge is -2.22. The summed E-state index contributed by atoms with van der Waals surface area (Å²) in [6.07, 6.45) is 5.52. The summed E-state index contributed by atoms with van der Waals surface area (Å²) in [5.41, 5.74) is 3.70. The summed E-state index contributed by atoms with van der Waals surface area (Å²) in [4.78, 5) is 0. The van der Waals surface area contributed by atoms with Crippen LogP contribution in [0, 0.1) is 34.0 Å². The Morgan fingerprint density at radius 3 is 2.29 bits per heavy atom. The maximum absolute atomic E-state index is 9.03. The van der Waals surface area contributed by atoms with E-state index in [1.54, 1.807) is 12.2 Å². The van der Waals surface area contributed by atoms with Gasteiger partial charge in [-0.3, -0.25) is 5.87 Å². The average molecular weight is 309 g/mol. The molecule has 4 nitrogen and oxygen atoms in total. The first-order valence-corrected chi connectivity index (χ1v) is 7.42. The number of nitrogens with zero attached hydrogens (tertiary/aromatic N) is 4. The first kappa shape index (κ1) is 16.7. The second-order valence-corrected chi connectivity index (χ2v) is 5.21. The third-order valence-electron chi connectivity index (χ3n) is 3.72. The van der Waals surface area contributed by atoms with E-state index in [9.17, 15) is 0 Å². The minimum atomic E-state index is 0.0458. The van der Waals surface area contributed by atoms with Crippen molar-refractivity contribution in [1.82, 2.24) is 0 Å². The molecular formula is C20H13N4-. The van der Waals surface area contributed by atoms with E-state index in [0.717, 1.165) is 41.5 Å². The predicted molar refractivity (Wildman–Crippen MR) is 92.1 cm³/mol. The van der Waals surface area contributed by atoms with Gasteiger partial charge in [0.1, 0.15) is 23.8 Å². The molecule has 0 radical (unpaired) electrons. The minimum absolute atomic E-state index is 0.0458. The SMILES string of the molecule is N#CC(=C=[N-])/C=C1\CCCC(C=C(C#N)C#N)=C1c1ccccc1. The summed E-state index contributed by atoms with van der Waals surface area (Å²) in [5.74, 6) is 1.89. The molecule has 0 saturated heterocycles. The van der Waals surface area contributed by atoms with E-state index < -0.39 is 0 Å². The third kappa shape index (κ3) is 3.76. The van der Waals surface area contributed by atoms with Gasteiger partial charge in [-0.25, -0.2) is 0 Å². The van der Waals surface area contributed by atoms with Gasteiger partial charge < -0.3 is 5.41 Å². The predicted octanol–water partition coefficient (Wildman–Crippen LogP) is 4.21. The molecule has 1 aliphatic rings. The molecule has 0 unspecified atom stereocenters. The lowest BCUT2D eigenvalue weighted by Crippen LogP contribution is -2.03. The standard InChI is InChI=1S/C20H13N4/c21-11-15(12-22)9-18-7-4-8-19(10-16(13-23)14-24)20(18)17-5-2-1-3-6-17/h1-3,5-6,9-10H,4,7-8H2/q-1/b18-9+. The Hall–Kier alpha value is -3.64. The fourth-order valence-electron chi connectivity index (χ4n) is 2.72. The zero-order valence-electron chi connectivity index (χ0n) is 13.0. The quantitative estimate of drug-likeness (QED) is 0.618. The summed E-state index contributed by atoms with van der Waals surface area (Å²) in [6, 6.07) is 15.3. The highest BCUT2D eigenvalue weighted by Crippen LogP contribution is 2.38. The van der Waals surface area contributed by atoms with Gasteiger partial charge in [0.05, 0.1) is 5.57 Å². The van der Waals surface area contributed by atoms with Gasteiger partial charge in [0.2, 0.25) is 0 Å². The van der Waals surface area contributed by atoms with Crippen LogP contribution in [0.2, 0.25) is 0 Å². The molecule has 1 aromatic rings. The number of benzene rings is 1. The van der Waals surface area contributed by atoms with E-state index >= 15 is 0 Å². The summed E-state index contributed by atoms with van der Waals surface area (Å²) >= 11 is 0. The van der Waals surface area contributed by atoms with Crippen LogP contribution in [0.4, 0.5) is 0 Å². The second-order valence-electron chi connectivity index (χ2n) is 5.21. The van der Waals surface area contributed by atoms with Crippen LogP contribution >= 0.6 is 0 Å². The number of rotatable bonds is 3. The number of hydrogen-bond donors (Lipinski definition) is 0. The van der Waals surface area contributed by atoms with Crippen molar-refractivity contribution in [2.24, 2.45) is 0 Å². The van der Waals surface area contributed by atoms with Gasteiger partial charge in [-0.05, 0) is 53.7 Å². The van der Waals surface area contributed by atoms with Crippen molar-refractivity contribution >= 4 is 11.4 Å². The van der Waals surface area contributed by atoms with Crippen molar-refractivity contribution in [2.45, 2.75) is 19.3 Å². The zero-order chi connectivity index (χ0) is 17.4. The van der Waals surface area contributed by atoms with Crippen molar-refractivity contribution < 1.29 is 0 Å². The first-order valence-electron chi connectivity index (χ1n) is 7.42. The molecule has 114 valence electrons. The van der Waals surface area contributed by atoms with Gasteiger partial charge in [-0.15, -0.1) is 0 Å². The molecular weight excluding hydrogens is 296 g/mol. The molecule has 0 spiro atoms. The van der Waals surface area contributed by atoms with E-state index in [4.69, 9.17) is 21.2 Å². The van der Waals surface area contributed by atoms with Crippen LogP contribution in [-0.4, -0.2) is 5.87 Å². The summed E-state index contributed by atoms with van der Waals surface area (Å²) in [7, 11) is 0. The molecule has 0 aliphatic heterocycles. The molecule has 1 aliphatic carbocycles. The Bertz CT molecular complexity index is 887. The Balaban J connectivity index is 2.73. The van der Waals surface area contributed by atoms with E-state index in [0.29, 0.717) is 0 Å². The molecule has 0 aromatic heterocycles. The Morgan fingerprint density at radius 2 is 1.71 bits per heavy atom. The van der Waals surface area contributed by atoms with Crippen LogP contribution in [0.25, 0.3) is 11.0 Å². The van der Waals surface area contributed by atoms with Gasteiger partial charge in [0, 0.05) is 0 Å². The van der Waals surface area contributed by atoms with Gasteiger partial charge >= 0.3 is 0 Å². The van der Waals surface area contributed by atoms with E-state index in [2.05, 4.69) is 0 Å². The van der Waals surface area contributed by atoms with Crippen LogP contribution in [0.15, 0.2) is 64.8 Å². The average Bonchev–Trinajstić information content (AvgIpc) is 2.64. The monoisotopic (exact) mass is 309 g/mol. The van der Waals surface area contributed by atoms with Gasteiger partial charge in [0.15, 0.2) is 0 Å². The molecule has 0 bridgehead atoms. The Kier molecular flexibility index (Phi) is 5.65. The highest BCUT2D eigenvalue weighted by Gasteiger charge is 2.18. The first-order chi connectivity index (χ1) is 11.7. The third-order valence-corrected chi connectivity index (χ3v) is 3.72. The fraction of sp³-hybridized carbons (Fsp3) is 0.150. The molecule has 0 saturated carbocycles. The molecule has 0 atom stereocenters. The van der Waals surface area contributed by atoms with Crippen molar-refractivity contribution in [3.05, 3.63) is 75.7 Å². The number of allylic oxidation sites excluding steroid dienone is 7. The largest absolute Gasteiger partial charge is 0.762 e. The molecule has 0 N–H and O–H groups in total. The number of hydrogen-bond acceptors (Lipinski definition) is 3. The van der Waals surface area contributed by atoms with Crippen LogP contribution in [0.1, 0.15) is 24.8 Å². The van der Waals surface area contributed by atoms with Crippen LogP contribution in [0.5, 0.6) is 0 Å². The second kappa shape index (κ2) is 8.11. The van der Waals surface area contributed by atoms with Crippen molar-refractivity contribution in [1.29, 1.82) is 15.8 Å². The van der Waals surface area contributed by atoms with E-state index in [-0.39, 0.29) is 11.1 Å². The van der Waals surface area contributed by atoms with E-state index in [1.165, 1.54) is 0 Å². The van der Waals surface area contributed by atoms with E-state index in [1.807, 2.05) is 54.4 Å². The maximum atomic E-state index is 9.03. The minimum Gasteiger partial charge on any atom is -0.762 e. The fourth-order valence-corrected chi connectivity index (χ4v) is 2.72. The molecule has 0 heterocycles. The molecule has 24 heavy (non-hydrogen) atoms. The zero-order valence-corrected chi connectivity index (χ0v) is 13.0. The highest BCUT2D eigenvalue weighted by atomic mass is 14.3. The smallest absolute Gasteiger partial charge is 0.129 e. The highest BCUT2D eigenvalue weighted by molar-refractivity contribution is 5.86. The topological polar surface area (TPSA) is 93.7 Å². The summed E-state index contributed by atoms with van der Waals surface area (Å²) in [5, 5.41) is 36.1. The normalized spacial score (nSPS) is 14.8. The van der Waals surface area contributed by atoms with Gasteiger partial charge in [-0.1, -0.05) is 30.3 Å². The number of nitriles is 3. The lowest BCUT2D eigenvalue weighted by atomic mass is 9.82. The summed E-state index contributed by atoms with van der Waals surface area (Å²) < 4.78 is 0. The van der Waals surface area contributed by atoms with Crippen LogP contribution < -0.4 is 0 Å². The van der Waals surface area contributed by atoms with Crippen molar-refractivity contribution in [3.63, 3.8) is 0 Å². The summed E-state index contributed by atoms with van der Waals surface area (Å²) in [6.45, 7) is 0. The van der Waals surface area contributed by atoms with Crippen LogP contribution in [0.3, 0.4) is 0 Å².